The number of hydrogen-bond acceptors (Lipinski definition) is 5. The summed E-state index contributed by atoms with van der Waals surface area (Å²) in [6.45, 7) is 3.89. The molecule has 2 heterocycles. The maximum Gasteiger partial charge on any atom is 0.285 e. The van der Waals surface area contributed by atoms with Crippen molar-refractivity contribution in [3.8, 4) is 11.5 Å². The summed E-state index contributed by atoms with van der Waals surface area (Å²) in [6.07, 6.45) is 1.79. The monoisotopic (exact) mass is 374 g/mol. The van der Waals surface area contributed by atoms with Gasteiger partial charge in [0.25, 0.3) is 5.91 Å². The molecule has 1 aliphatic rings. The molecule has 1 aromatic heterocycles. The molecule has 130 valence electrons. The van der Waals surface area contributed by atoms with Crippen LogP contribution in [0.4, 0.5) is 0 Å². The van der Waals surface area contributed by atoms with E-state index in [2.05, 4.69) is 0 Å². The number of methoxy groups -OCH3 is 2. The van der Waals surface area contributed by atoms with Crippen LogP contribution in [0.25, 0.3) is 6.08 Å². The largest absolute Gasteiger partial charge is 0.497 e. The fraction of sp³-hybridized carbons (Fsp3) is 0.222. The lowest BCUT2D eigenvalue weighted by Crippen LogP contribution is -2.39. The van der Waals surface area contributed by atoms with E-state index in [1.807, 2.05) is 48.9 Å². The van der Waals surface area contributed by atoms with Crippen LogP contribution in [0.2, 0.25) is 0 Å². The number of rotatable bonds is 4. The summed E-state index contributed by atoms with van der Waals surface area (Å²) in [6, 6.07) is 9.38. The van der Waals surface area contributed by atoms with Gasteiger partial charge in [-0.3, -0.25) is 9.47 Å². The zero-order valence-corrected chi connectivity index (χ0v) is 16.0. The Morgan fingerprint density at radius 3 is 2.36 bits per heavy atom. The summed E-state index contributed by atoms with van der Waals surface area (Å²) in [5, 5.41) is 1.53. The van der Waals surface area contributed by atoms with Crippen molar-refractivity contribution in [3.63, 3.8) is 0 Å². The van der Waals surface area contributed by atoms with E-state index in [1.54, 1.807) is 20.3 Å². The average Bonchev–Trinajstić information content (AvgIpc) is 3.06. The molecule has 0 saturated carbocycles. The van der Waals surface area contributed by atoms with Crippen molar-refractivity contribution in [1.82, 2.24) is 4.68 Å². The normalized spacial score (nSPS) is 16.0. The molecule has 5 nitrogen and oxygen atoms in total. The first-order chi connectivity index (χ1) is 12.0. The first-order valence-corrected chi connectivity index (χ1v) is 8.84. The van der Waals surface area contributed by atoms with Crippen molar-refractivity contribution in [2.75, 3.05) is 19.2 Å². The molecule has 1 saturated heterocycles. The molecule has 1 aromatic carbocycles. The number of carbonyl (C=O) groups excluding carboxylic acids is 1. The minimum absolute atomic E-state index is 0.151. The van der Waals surface area contributed by atoms with Gasteiger partial charge in [0.2, 0.25) is 0 Å². The third kappa shape index (κ3) is 3.17. The van der Waals surface area contributed by atoms with Crippen molar-refractivity contribution >= 4 is 40.3 Å². The Kier molecular flexibility index (Phi) is 4.87. The molecule has 2 aromatic rings. The van der Waals surface area contributed by atoms with Crippen LogP contribution in [0.5, 0.6) is 11.5 Å². The lowest BCUT2D eigenvalue weighted by Gasteiger charge is -2.20. The maximum absolute atomic E-state index is 12.9. The first kappa shape index (κ1) is 17.6. The quantitative estimate of drug-likeness (QED) is 0.604. The number of ether oxygens (including phenoxy) is 2. The summed E-state index contributed by atoms with van der Waals surface area (Å²) < 4.78 is 13.0. The molecular weight excluding hydrogens is 356 g/mol. The third-order valence-electron chi connectivity index (χ3n) is 3.93. The Hall–Kier alpha value is -2.25. The number of thioether (sulfide) groups is 1. The molecule has 1 amide bonds. The van der Waals surface area contributed by atoms with Crippen molar-refractivity contribution < 1.29 is 14.3 Å². The van der Waals surface area contributed by atoms with E-state index in [4.69, 9.17) is 21.7 Å². The van der Waals surface area contributed by atoms with Gasteiger partial charge in [-0.05, 0) is 62.5 Å². The van der Waals surface area contributed by atoms with Gasteiger partial charge in [-0.15, -0.1) is 0 Å². The van der Waals surface area contributed by atoms with Crippen LogP contribution in [0, 0.1) is 13.8 Å². The molecule has 0 atom stereocenters. The van der Waals surface area contributed by atoms with Gasteiger partial charge in [0.1, 0.15) is 11.5 Å². The molecule has 0 unspecified atom stereocenters. The number of carbonyl (C=O) groups is 1. The summed E-state index contributed by atoms with van der Waals surface area (Å²) >= 11 is 6.72. The number of benzene rings is 1. The summed E-state index contributed by atoms with van der Waals surface area (Å²) in [4.78, 5) is 13.5. The van der Waals surface area contributed by atoms with Gasteiger partial charge < -0.3 is 9.47 Å². The minimum Gasteiger partial charge on any atom is -0.497 e. The number of aryl methyl sites for hydroxylation is 2. The standard InChI is InChI=1S/C18H18N2O3S2/c1-11-5-6-12(2)19(11)20-17(21)16(25-18(20)24)10-13-9-14(22-3)7-8-15(13)23-4/h5-10H,1-4H3/b16-10+. The highest BCUT2D eigenvalue weighted by Gasteiger charge is 2.34. The third-order valence-corrected chi connectivity index (χ3v) is 5.21. The molecule has 0 bridgehead atoms. The van der Waals surface area contributed by atoms with Gasteiger partial charge >= 0.3 is 0 Å². The van der Waals surface area contributed by atoms with Crippen LogP contribution in [0.15, 0.2) is 35.2 Å². The highest BCUT2D eigenvalue weighted by atomic mass is 32.2. The van der Waals surface area contributed by atoms with Crippen LogP contribution < -0.4 is 14.5 Å². The maximum atomic E-state index is 12.9. The second-order valence-electron chi connectivity index (χ2n) is 5.53. The highest BCUT2D eigenvalue weighted by Crippen LogP contribution is 2.35. The molecule has 0 N–H and O–H groups in total. The molecule has 3 rings (SSSR count). The molecule has 1 aliphatic heterocycles. The first-order valence-electron chi connectivity index (χ1n) is 7.61. The van der Waals surface area contributed by atoms with Gasteiger partial charge in [-0.2, -0.15) is 5.01 Å². The number of hydrogen-bond donors (Lipinski definition) is 0. The zero-order valence-electron chi connectivity index (χ0n) is 14.4. The Balaban J connectivity index is 2.02. The van der Waals surface area contributed by atoms with Gasteiger partial charge in [-0.25, -0.2) is 0 Å². The second kappa shape index (κ2) is 6.93. The van der Waals surface area contributed by atoms with E-state index in [0.29, 0.717) is 20.7 Å². The van der Waals surface area contributed by atoms with E-state index < -0.39 is 0 Å². The molecule has 1 fully saturated rings. The van der Waals surface area contributed by atoms with Crippen molar-refractivity contribution in [2.45, 2.75) is 13.8 Å². The van der Waals surface area contributed by atoms with E-state index in [-0.39, 0.29) is 5.91 Å². The predicted octanol–water partition coefficient (Wildman–Crippen LogP) is 3.66. The Morgan fingerprint density at radius 1 is 1.08 bits per heavy atom. The Morgan fingerprint density at radius 2 is 1.76 bits per heavy atom. The van der Waals surface area contributed by atoms with E-state index >= 15 is 0 Å². The number of nitrogens with zero attached hydrogens (tertiary/aromatic N) is 2. The van der Waals surface area contributed by atoms with Gasteiger partial charge in [0, 0.05) is 17.0 Å². The van der Waals surface area contributed by atoms with Crippen LogP contribution in [0.1, 0.15) is 17.0 Å². The number of amides is 1. The second-order valence-corrected chi connectivity index (χ2v) is 7.21. The Bertz CT molecular complexity index is 867. The summed E-state index contributed by atoms with van der Waals surface area (Å²) in [7, 11) is 3.19. The zero-order chi connectivity index (χ0) is 18.1. The lowest BCUT2D eigenvalue weighted by molar-refractivity contribution is -0.114. The fourth-order valence-corrected chi connectivity index (χ4v) is 3.93. The topological polar surface area (TPSA) is 43.7 Å². The molecule has 7 heteroatoms. The SMILES string of the molecule is COc1ccc(OC)c(/C=C2/SC(=S)N(n3c(C)ccc3C)C2=O)c1. The summed E-state index contributed by atoms with van der Waals surface area (Å²) in [5.41, 5.74) is 2.67. The van der Waals surface area contributed by atoms with Crippen LogP contribution >= 0.6 is 24.0 Å². The van der Waals surface area contributed by atoms with Crippen LogP contribution in [0.3, 0.4) is 0 Å². The van der Waals surface area contributed by atoms with E-state index in [0.717, 1.165) is 17.0 Å². The van der Waals surface area contributed by atoms with Crippen molar-refractivity contribution in [1.29, 1.82) is 0 Å². The Labute approximate surface area is 156 Å². The molecule has 0 aliphatic carbocycles. The van der Waals surface area contributed by atoms with E-state index in [1.165, 1.54) is 16.8 Å². The van der Waals surface area contributed by atoms with Gasteiger partial charge in [0.05, 0.1) is 19.1 Å². The van der Waals surface area contributed by atoms with Crippen molar-refractivity contribution in [2.24, 2.45) is 0 Å². The fourth-order valence-electron chi connectivity index (χ4n) is 2.70. The van der Waals surface area contributed by atoms with Gasteiger partial charge in [-0.1, -0.05) is 11.8 Å². The lowest BCUT2D eigenvalue weighted by atomic mass is 10.1. The average molecular weight is 374 g/mol. The molecule has 0 spiro atoms. The minimum atomic E-state index is -0.151. The number of thiocarbonyl (C=S) groups is 1. The summed E-state index contributed by atoms with van der Waals surface area (Å²) in [5.74, 6) is 1.21. The molecule has 25 heavy (non-hydrogen) atoms. The number of aromatic nitrogens is 1. The van der Waals surface area contributed by atoms with Crippen LogP contribution in [-0.2, 0) is 4.79 Å². The van der Waals surface area contributed by atoms with E-state index in [9.17, 15) is 4.79 Å². The van der Waals surface area contributed by atoms with Gasteiger partial charge in [0.15, 0.2) is 4.32 Å². The molecular formula is C18H18N2O3S2. The van der Waals surface area contributed by atoms with Crippen LogP contribution in [-0.4, -0.2) is 29.1 Å². The van der Waals surface area contributed by atoms with Crippen molar-refractivity contribution in [3.05, 3.63) is 52.2 Å². The molecule has 0 radical (unpaired) electrons. The highest BCUT2D eigenvalue weighted by molar-refractivity contribution is 8.27. The predicted molar refractivity (Wildman–Crippen MR) is 105 cm³/mol. The smallest absolute Gasteiger partial charge is 0.285 e.